The zero-order chi connectivity index (χ0) is 8.15. The molecule has 0 saturated heterocycles. The van der Waals surface area contributed by atoms with Crippen LogP contribution in [0.4, 0.5) is 0 Å². The van der Waals surface area contributed by atoms with Crippen LogP contribution in [0.15, 0.2) is 11.1 Å². The molecule has 0 atom stereocenters. The smallest absolute Gasteiger partial charge is 0.334 e. The van der Waals surface area contributed by atoms with Gasteiger partial charge in [0.05, 0.1) is 0 Å². The molecule has 58 valence electrons. The minimum atomic E-state index is -0.331. The Morgan fingerprint density at radius 2 is 1.90 bits per heavy atom. The van der Waals surface area contributed by atoms with Gasteiger partial charge < -0.3 is 4.74 Å². The van der Waals surface area contributed by atoms with E-state index < -0.39 is 0 Å². The Labute approximate surface area is 60.9 Å². The third-order valence-corrected chi connectivity index (χ3v) is 1.27. The minimum absolute atomic E-state index is 0.0521. The number of rotatable bonds is 2. The maximum Gasteiger partial charge on any atom is 0.334 e. The average Bonchev–Trinajstić information content (AvgIpc) is 1.87. The van der Waals surface area contributed by atoms with Crippen molar-refractivity contribution in [3.63, 3.8) is 0 Å². The van der Waals surface area contributed by atoms with E-state index in [1.165, 1.54) is 0 Å². The van der Waals surface area contributed by atoms with Crippen molar-refractivity contribution in [1.82, 2.24) is 0 Å². The van der Waals surface area contributed by atoms with E-state index in [4.69, 9.17) is 5.73 Å². The molecular weight excluding hydrogens is 130 g/mol. The third kappa shape index (κ3) is 2.64. The summed E-state index contributed by atoms with van der Waals surface area (Å²) in [7, 11) is 0. The van der Waals surface area contributed by atoms with Crippen molar-refractivity contribution in [1.29, 1.82) is 0 Å². The third-order valence-electron chi connectivity index (χ3n) is 1.27. The highest BCUT2D eigenvalue weighted by Crippen LogP contribution is 2.02. The van der Waals surface area contributed by atoms with Gasteiger partial charge in [-0.15, -0.1) is 0 Å². The number of esters is 1. The van der Waals surface area contributed by atoms with E-state index in [1.807, 2.05) is 13.8 Å². The van der Waals surface area contributed by atoms with Crippen molar-refractivity contribution in [2.45, 2.75) is 20.8 Å². The molecule has 10 heavy (non-hydrogen) atoms. The van der Waals surface area contributed by atoms with Gasteiger partial charge in [0.1, 0.15) is 6.73 Å². The number of hydrogen-bond acceptors (Lipinski definition) is 3. The predicted molar refractivity (Wildman–Crippen MR) is 39.2 cm³/mol. The molecule has 0 aromatic rings. The monoisotopic (exact) mass is 143 g/mol. The summed E-state index contributed by atoms with van der Waals surface area (Å²) in [6.45, 7) is 5.37. The van der Waals surface area contributed by atoms with E-state index in [2.05, 4.69) is 4.74 Å². The molecule has 0 radical (unpaired) electrons. The number of ether oxygens (including phenoxy) is 1. The molecule has 0 fully saturated rings. The lowest BCUT2D eigenvalue weighted by molar-refractivity contribution is -0.138. The van der Waals surface area contributed by atoms with Crippen molar-refractivity contribution in [2.24, 2.45) is 5.73 Å². The first kappa shape index (κ1) is 9.17. The molecule has 0 rings (SSSR count). The largest absolute Gasteiger partial charge is 0.447 e. The lowest BCUT2D eigenvalue weighted by Crippen LogP contribution is -2.13. The second-order valence-electron chi connectivity index (χ2n) is 2.22. The molecule has 3 nitrogen and oxygen atoms in total. The molecule has 0 unspecified atom stereocenters. The highest BCUT2D eigenvalue weighted by atomic mass is 16.5. The van der Waals surface area contributed by atoms with Crippen LogP contribution in [0.25, 0.3) is 0 Å². The van der Waals surface area contributed by atoms with Gasteiger partial charge >= 0.3 is 5.97 Å². The van der Waals surface area contributed by atoms with Crippen LogP contribution in [0, 0.1) is 0 Å². The number of carbonyl (C=O) groups is 1. The van der Waals surface area contributed by atoms with Crippen LogP contribution >= 0.6 is 0 Å². The molecule has 0 aromatic heterocycles. The van der Waals surface area contributed by atoms with E-state index in [9.17, 15) is 4.79 Å². The van der Waals surface area contributed by atoms with Gasteiger partial charge in [-0.1, -0.05) is 5.57 Å². The predicted octanol–water partition coefficient (Wildman–Crippen LogP) is 0.802. The molecule has 0 amide bonds. The fourth-order valence-electron chi connectivity index (χ4n) is 0.388. The zero-order valence-electron chi connectivity index (χ0n) is 6.60. The zero-order valence-corrected chi connectivity index (χ0v) is 6.60. The highest BCUT2D eigenvalue weighted by Gasteiger charge is 2.04. The molecule has 0 saturated carbocycles. The van der Waals surface area contributed by atoms with Gasteiger partial charge in [-0.3, -0.25) is 5.73 Å². The summed E-state index contributed by atoms with van der Waals surface area (Å²) in [6, 6.07) is 0. The molecular formula is C7H13NO2. The van der Waals surface area contributed by atoms with Crippen molar-refractivity contribution in [2.75, 3.05) is 6.73 Å². The molecule has 2 N–H and O–H groups in total. The summed E-state index contributed by atoms with van der Waals surface area (Å²) in [6.07, 6.45) is 0. The Bertz CT molecular complexity index is 157. The van der Waals surface area contributed by atoms with Gasteiger partial charge in [-0.2, -0.15) is 0 Å². The Morgan fingerprint density at radius 1 is 1.40 bits per heavy atom. The highest BCUT2D eigenvalue weighted by molar-refractivity contribution is 5.88. The number of hydrogen-bond donors (Lipinski definition) is 1. The second kappa shape index (κ2) is 4.06. The second-order valence-corrected chi connectivity index (χ2v) is 2.22. The van der Waals surface area contributed by atoms with E-state index >= 15 is 0 Å². The number of carbonyl (C=O) groups excluding carboxylic acids is 1. The Hall–Kier alpha value is -0.830. The number of allylic oxidation sites excluding steroid dienone is 1. The fourth-order valence-corrected chi connectivity index (χ4v) is 0.388. The average molecular weight is 143 g/mol. The van der Waals surface area contributed by atoms with Gasteiger partial charge in [0, 0.05) is 5.57 Å². The van der Waals surface area contributed by atoms with Gasteiger partial charge in [0.25, 0.3) is 0 Å². The first-order chi connectivity index (χ1) is 4.59. The van der Waals surface area contributed by atoms with Crippen LogP contribution in [0.5, 0.6) is 0 Å². The Morgan fingerprint density at radius 3 is 2.20 bits per heavy atom. The van der Waals surface area contributed by atoms with Gasteiger partial charge in [0.15, 0.2) is 0 Å². The van der Waals surface area contributed by atoms with Crippen molar-refractivity contribution in [3.8, 4) is 0 Å². The topological polar surface area (TPSA) is 52.3 Å². The van der Waals surface area contributed by atoms with Gasteiger partial charge in [-0.25, -0.2) is 4.79 Å². The van der Waals surface area contributed by atoms with Gasteiger partial charge in [-0.05, 0) is 20.8 Å². The van der Waals surface area contributed by atoms with Crippen LogP contribution in [0.3, 0.4) is 0 Å². The van der Waals surface area contributed by atoms with E-state index in [0.717, 1.165) is 5.57 Å². The molecule has 0 spiro atoms. The summed E-state index contributed by atoms with van der Waals surface area (Å²) in [5.41, 5.74) is 6.59. The first-order valence-electron chi connectivity index (χ1n) is 3.11. The van der Waals surface area contributed by atoms with Crippen LogP contribution in [0.2, 0.25) is 0 Å². The van der Waals surface area contributed by atoms with Crippen molar-refractivity contribution >= 4 is 5.97 Å². The van der Waals surface area contributed by atoms with Crippen LogP contribution in [0.1, 0.15) is 20.8 Å². The van der Waals surface area contributed by atoms with Crippen molar-refractivity contribution in [3.05, 3.63) is 11.1 Å². The van der Waals surface area contributed by atoms with Crippen LogP contribution in [-0.4, -0.2) is 12.7 Å². The molecule has 0 aliphatic carbocycles. The van der Waals surface area contributed by atoms with E-state index in [0.29, 0.717) is 5.57 Å². The van der Waals surface area contributed by atoms with Crippen LogP contribution < -0.4 is 5.73 Å². The lowest BCUT2D eigenvalue weighted by atomic mass is 10.2. The summed E-state index contributed by atoms with van der Waals surface area (Å²) in [4.78, 5) is 10.8. The van der Waals surface area contributed by atoms with Crippen molar-refractivity contribution < 1.29 is 9.53 Å². The first-order valence-corrected chi connectivity index (χ1v) is 3.11. The van der Waals surface area contributed by atoms with E-state index in [-0.39, 0.29) is 12.7 Å². The molecule has 0 aromatic carbocycles. The van der Waals surface area contributed by atoms with E-state index in [1.54, 1.807) is 6.92 Å². The van der Waals surface area contributed by atoms with Crippen LogP contribution in [-0.2, 0) is 9.53 Å². The quantitative estimate of drug-likeness (QED) is 0.353. The maximum atomic E-state index is 10.8. The summed E-state index contributed by atoms with van der Waals surface area (Å²) >= 11 is 0. The fraction of sp³-hybridized carbons (Fsp3) is 0.571. The SMILES string of the molecule is CC(C)=C(C)C(=O)OCN. The summed E-state index contributed by atoms with van der Waals surface area (Å²) in [5, 5.41) is 0. The molecule has 0 bridgehead atoms. The minimum Gasteiger partial charge on any atom is -0.447 e. The molecule has 0 aliphatic heterocycles. The lowest BCUT2D eigenvalue weighted by Gasteiger charge is -2.01. The Balaban J connectivity index is 4.09. The normalized spacial score (nSPS) is 8.80. The standard InChI is InChI=1S/C7H13NO2/c1-5(2)6(3)7(9)10-4-8/h4,8H2,1-3H3. The molecule has 3 heteroatoms. The summed E-state index contributed by atoms with van der Waals surface area (Å²) in [5.74, 6) is -0.331. The molecule has 0 heterocycles. The maximum absolute atomic E-state index is 10.8. The Kier molecular flexibility index (Phi) is 3.72. The molecule has 0 aliphatic rings. The summed E-state index contributed by atoms with van der Waals surface area (Å²) < 4.78 is 4.55. The van der Waals surface area contributed by atoms with Gasteiger partial charge in [0.2, 0.25) is 0 Å². The number of nitrogens with two attached hydrogens (primary N) is 1.